The number of ether oxygens (including phenoxy) is 3. The van der Waals surface area contributed by atoms with Crippen molar-refractivity contribution in [1.82, 2.24) is 5.32 Å². The number of amides is 1. The van der Waals surface area contributed by atoms with Crippen molar-refractivity contribution < 1.29 is 23.8 Å². The van der Waals surface area contributed by atoms with Gasteiger partial charge in [-0.05, 0) is 55.7 Å². The molecule has 162 valence electrons. The Kier molecular flexibility index (Phi) is 8.64. The molecule has 2 aromatic carbocycles. The van der Waals surface area contributed by atoms with Gasteiger partial charge in [-0.1, -0.05) is 31.2 Å². The van der Waals surface area contributed by atoms with Gasteiger partial charge in [0, 0.05) is 6.04 Å². The van der Waals surface area contributed by atoms with Crippen molar-refractivity contribution in [2.75, 3.05) is 13.7 Å². The van der Waals surface area contributed by atoms with Gasteiger partial charge >= 0.3 is 5.97 Å². The van der Waals surface area contributed by atoms with E-state index in [-0.39, 0.29) is 29.7 Å². The second-order valence-corrected chi connectivity index (χ2v) is 6.93. The maximum absolute atomic E-state index is 12.2. The summed E-state index contributed by atoms with van der Waals surface area (Å²) in [6, 6.07) is 14.0. The lowest BCUT2D eigenvalue weighted by molar-refractivity contribution is -0.136. The van der Waals surface area contributed by atoms with E-state index in [1.807, 2.05) is 45.0 Å². The zero-order chi connectivity index (χ0) is 22.8. The number of carbonyl (C=O) groups excluding carboxylic acids is 2. The third kappa shape index (κ3) is 6.89. The minimum Gasteiger partial charge on any atom is -0.493 e. The summed E-state index contributed by atoms with van der Waals surface area (Å²) < 4.78 is 16.2. The van der Waals surface area contributed by atoms with Gasteiger partial charge in [-0.25, -0.2) is 4.79 Å². The first-order chi connectivity index (χ1) is 14.9. The molecule has 0 fully saturated rings. The molecule has 1 N–H and O–H groups in total. The van der Waals surface area contributed by atoms with Crippen molar-refractivity contribution in [3.63, 3.8) is 0 Å². The maximum atomic E-state index is 12.2. The van der Waals surface area contributed by atoms with Gasteiger partial charge in [0.15, 0.2) is 18.1 Å². The SMILES string of the molecule is CCc1ccccc1OCC(=O)Oc1ccc(/C=C(\C#N)C(=O)NC(C)C)cc1OC. The van der Waals surface area contributed by atoms with Crippen LogP contribution >= 0.6 is 0 Å². The molecule has 0 radical (unpaired) electrons. The van der Waals surface area contributed by atoms with Gasteiger partial charge in [0.25, 0.3) is 5.91 Å². The normalized spacial score (nSPS) is 10.9. The topological polar surface area (TPSA) is 97.7 Å². The van der Waals surface area contributed by atoms with E-state index in [1.54, 1.807) is 18.2 Å². The monoisotopic (exact) mass is 422 g/mol. The standard InChI is InChI=1S/C24H26N2O5/c1-5-18-8-6-7-9-20(18)30-15-23(27)31-21-11-10-17(13-22(21)29-4)12-19(14-25)24(28)26-16(2)3/h6-13,16H,5,15H2,1-4H3,(H,26,28)/b19-12+. The molecule has 0 saturated carbocycles. The highest BCUT2D eigenvalue weighted by atomic mass is 16.6. The molecule has 0 saturated heterocycles. The number of hydrogen-bond donors (Lipinski definition) is 1. The zero-order valence-electron chi connectivity index (χ0n) is 18.1. The molecule has 0 bridgehead atoms. The van der Waals surface area contributed by atoms with Gasteiger partial charge in [-0.15, -0.1) is 0 Å². The van der Waals surface area contributed by atoms with Gasteiger partial charge in [-0.2, -0.15) is 5.26 Å². The minimum absolute atomic E-state index is 0.0384. The van der Waals surface area contributed by atoms with E-state index in [0.717, 1.165) is 12.0 Å². The summed E-state index contributed by atoms with van der Waals surface area (Å²) in [5, 5.41) is 11.9. The molecule has 0 aliphatic heterocycles. The number of nitrogens with zero attached hydrogens (tertiary/aromatic N) is 1. The number of esters is 1. The first kappa shape index (κ1) is 23.5. The largest absolute Gasteiger partial charge is 0.493 e. The molecule has 31 heavy (non-hydrogen) atoms. The Bertz CT molecular complexity index is 1010. The number of hydrogen-bond acceptors (Lipinski definition) is 6. The molecule has 7 nitrogen and oxygen atoms in total. The molecule has 0 atom stereocenters. The molecule has 0 heterocycles. The van der Waals surface area contributed by atoms with Gasteiger partial charge < -0.3 is 19.5 Å². The molecule has 0 unspecified atom stereocenters. The molecule has 0 aliphatic rings. The zero-order valence-corrected chi connectivity index (χ0v) is 18.1. The van der Waals surface area contributed by atoms with Crippen molar-refractivity contribution in [3.8, 4) is 23.3 Å². The van der Waals surface area contributed by atoms with E-state index in [0.29, 0.717) is 11.3 Å². The fraction of sp³-hybridized carbons (Fsp3) is 0.292. The number of methoxy groups -OCH3 is 1. The highest BCUT2D eigenvalue weighted by molar-refractivity contribution is 6.01. The lowest BCUT2D eigenvalue weighted by Crippen LogP contribution is -2.30. The molecule has 0 aliphatic carbocycles. The van der Waals surface area contributed by atoms with E-state index in [1.165, 1.54) is 19.3 Å². The van der Waals surface area contributed by atoms with Crippen LogP contribution in [0.15, 0.2) is 48.0 Å². The molecule has 7 heteroatoms. The van der Waals surface area contributed by atoms with Crippen molar-refractivity contribution in [3.05, 3.63) is 59.2 Å². The van der Waals surface area contributed by atoms with Crippen LogP contribution in [0.2, 0.25) is 0 Å². The van der Waals surface area contributed by atoms with Crippen molar-refractivity contribution >= 4 is 18.0 Å². The molecular weight excluding hydrogens is 396 g/mol. The van der Waals surface area contributed by atoms with Crippen LogP contribution in [0.25, 0.3) is 6.08 Å². The Morgan fingerprint density at radius 1 is 1.13 bits per heavy atom. The summed E-state index contributed by atoms with van der Waals surface area (Å²) >= 11 is 0. The second kappa shape index (κ2) is 11.4. The Morgan fingerprint density at radius 3 is 2.52 bits per heavy atom. The summed E-state index contributed by atoms with van der Waals surface area (Å²) in [6.45, 7) is 5.37. The molecule has 2 rings (SSSR count). The summed E-state index contributed by atoms with van der Waals surface area (Å²) in [4.78, 5) is 24.3. The Morgan fingerprint density at radius 2 is 1.87 bits per heavy atom. The van der Waals surface area contributed by atoms with E-state index in [9.17, 15) is 14.9 Å². The van der Waals surface area contributed by atoms with Crippen LogP contribution in [0.5, 0.6) is 17.2 Å². The molecule has 1 amide bonds. The van der Waals surface area contributed by atoms with Crippen LogP contribution in [-0.2, 0) is 16.0 Å². The van der Waals surface area contributed by atoms with Crippen LogP contribution in [-0.4, -0.2) is 31.6 Å². The van der Waals surface area contributed by atoms with Gasteiger partial charge in [0.05, 0.1) is 7.11 Å². The van der Waals surface area contributed by atoms with Crippen LogP contribution in [0.3, 0.4) is 0 Å². The quantitative estimate of drug-likeness (QED) is 0.287. The average Bonchev–Trinajstić information content (AvgIpc) is 2.76. The molecule has 0 spiro atoms. The highest BCUT2D eigenvalue weighted by Crippen LogP contribution is 2.29. The summed E-state index contributed by atoms with van der Waals surface area (Å²) in [6.07, 6.45) is 2.23. The Labute approximate surface area is 182 Å². The molecular formula is C24H26N2O5. The van der Waals surface area contributed by atoms with Gasteiger partial charge in [-0.3, -0.25) is 4.79 Å². The number of carbonyl (C=O) groups is 2. The summed E-state index contributed by atoms with van der Waals surface area (Å²) in [5.41, 5.74) is 1.52. The third-order valence-corrected chi connectivity index (χ3v) is 4.21. The van der Waals surface area contributed by atoms with E-state index < -0.39 is 11.9 Å². The summed E-state index contributed by atoms with van der Waals surface area (Å²) in [7, 11) is 1.44. The van der Waals surface area contributed by atoms with Crippen molar-refractivity contribution in [2.24, 2.45) is 0 Å². The lowest BCUT2D eigenvalue weighted by Gasteiger charge is -2.12. The number of nitriles is 1. The van der Waals surface area contributed by atoms with Gasteiger partial charge in [0.2, 0.25) is 0 Å². The minimum atomic E-state index is -0.582. The van der Waals surface area contributed by atoms with Crippen LogP contribution < -0.4 is 19.5 Å². The number of para-hydroxylation sites is 1. The first-order valence-electron chi connectivity index (χ1n) is 9.90. The molecule has 2 aromatic rings. The van der Waals surface area contributed by atoms with Crippen molar-refractivity contribution in [2.45, 2.75) is 33.2 Å². The Balaban J connectivity index is 2.10. The maximum Gasteiger partial charge on any atom is 0.349 e. The molecule has 0 aromatic heterocycles. The predicted molar refractivity (Wildman–Crippen MR) is 117 cm³/mol. The number of benzene rings is 2. The fourth-order valence-electron chi connectivity index (χ4n) is 2.74. The highest BCUT2D eigenvalue weighted by Gasteiger charge is 2.14. The Hall–Kier alpha value is -3.79. The van der Waals surface area contributed by atoms with Crippen molar-refractivity contribution in [1.29, 1.82) is 5.26 Å². The fourth-order valence-corrected chi connectivity index (χ4v) is 2.74. The third-order valence-electron chi connectivity index (χ3n) is 4.21. The summed E-state index contributed by atoms with van der Waals surface area (Å²) in [5.74, 6) is 0.0934. The smallest absolute Gasteiger partial charge is 0.349 e. The van der Waals surface area contributed by atoms with E-state index in [4.69, 9.17) is 14.2 Å². The van der Waals surface area contributed by atoms with Crippen LogP contribution in [0, 0.1) is 11.3 Å². The number of aryl methyl sites for hydroxylation is 1. The van der Waals surface area contributed by atoms with Gasteiger partial charge in [0.1, 0.15) is 17.4 Å². The number of rotatable bonds is 9. The van der Waals surface area contributed by atoms with E-state index in [2.05, 4.69) is 5.32 Å². The van der Waals surface area contributed by atoms with E-state index >= 15 is 0 Å². The predicted octanol–water partition coefficient (Wildman–Crippen LogP) is 3.67. The van der Waals surface area contributed by atoms with Crippen LogP contribution in [0.4, 0.5) is 0 Å². The number of nitrogens with one attached hydrogen (secondary N) is 1. The second-order valence-electron chi connectivity index (χ2n) is 6.93. The lowest BCUT2D eigenvalue weighted by atomic mass is 10.1. The first-order valence-corrected chi connectivity index (χ1v) is 9.90. The van der Waals surface area contributed by atoms with Crippen LogP contribution in [0.1, 0.15) is 31.9 Å². The average molecular weight is 422 g/mol.